The fourth-order valence-corrected chi connectivity index (χ4v) is 6.40. The predicted octanol–water partition coefficient (Wildman–Crippen LogP) is 9.11. The second-order valence-corrected chi connectivity index (χ2v) is 17.0. The summed E-state index contributed by atoms with van der Waals surface area (Å²) in [7, 11) is -1.46. The Hall–Kier alpha value is -3.43. The number of para-hydroxylation sites is 1. The van der Waals surface area contributed by atoms with E-state index in [1.807, 2.05) is 39.0 Å². The highest BCUT2D eigenvalue weighted by molar-refractivity contribution is 6.88. The molecule has 0 aliphatic rings. The van der Waals surface area contributed by atoms with Gasteiger partial charge in [0, 0.05) is 26.6 Å². The highest BCUT2D eigenvalue weighted by Crippen LogP contribution is 2.39. The first kappa shape index (κ1) is 19.7. The monoisotopic (exact) mass is 490 g/mol. The number of hydrogen-bond acceptors (Lipinski definition) is 2. The minimum absolute atomic E-state index is 0.298. The lowest BCUT2D eigenvalue weighted by atomic mass is 9.84. The van der Waals surface area contributed by atoms with Gasteiger partial charge >= 0.3 is 0 Å². The fraction of sp³-hybridized carbons (Fsp3) is 0.242. The molecule has 0 atom stereocenters. The van der Waals surface area contributed by atoms with Crippen LogP contribution in [0, 0.1) is 6.85 Å². The van der Waals surface area contributed by atoms with Gasteiger partial charge in [-0.2, -0.15) is 0 Å². The number of pyridine rings is 1. The summed E-state index contributed by atoms with van der Waals surface area (Å²) in [6.07, 6.45) is 1.51. The van der Waals surface area contributed by atoms with Gasteiger partial charge in [-0.3, -0.25) is 4.98 Å². The van der Waals surface area contributed by atoms with Crippen molar-refractivity contribution < 1.29 is 8.53 Å². The van der Waals surface area contributed by atoms with Gasteiger partial charge in [0.05, 0.1) is 13.8 Å². The van der Waals surface area contributed by atoms with Crippen LogP contribution in [0.2, 0.25) is 19.6 Å². The normalized spacial score (nSPS) is 14.4. The third kappa shape index (κ3) is 3.65. The van der Waals surface area contributed by atoms with E-state index in [2.05, 4.69) is 73.2 Å². The maximum atomic E-state index is 8.03. The van der Waals surface area contributed by atoms with Crippen LogP contribution >= 0.6 is 0 Å². The molecule has 6 rings (SSSR count). The molecule has 0 amide bonds. The van der Waals surface area contributed by atoms with E-state index in [4.69, 9.17) is 8.53 Å². The van der Waals surface area contributed by atoms with Crippen LogP contribution in [0.5, 0.6) is 0 Å². The molecule has 180 valence electrons. The molecule has 0 unspecified atom stereocenters. The van der Waals surface area contributed by atoms with E-state index in [0.29, 0.717) is 11.3 Å². The summed E-state index contributed by atoms with van der Waals surface area (Å²) < 4.78 is 30.6. The molecular formula is C33H33NOSi. The minimum Gasteiger partial charge on any atom is -0.455 e. The first-order chi connectivity index (χ1) is 18.2. The molecule has 36 heavy (non-hydrogen) atoms. The molecule has 0 saturated carbocycles. The molecular weight excluding hydrogens is 454 g/mol. The molecule has 0 saturated heterocycles. The molecule has 0 aliphatic heterocycles. The molecule has 0 fully saturated rings. The fourth-order valence-electron chi connectivity index (χ4n) is 5.24. The molecule has 6 aromatic rings. The van der Waals surface area contributed by atoms with Gasteiger partial charge in [-0.1, -0.05) is 88.1 Å². The van der Waals surface area contributed by atoms with Gasteiger partial charge in [-0.25, -0.2) is 0 Å². The van der Waals surface area contributed by atoms with Crippen molar-refractivity contribution in [2.75, 3.05) is 0 Å². The van der Waals surface area contributed by atoms with Crippen LogP contribution in [0.3, 0.4) is 0 Å². The van der Waals surface area contributed by atoms with Gasteiger partial charge in [-0.05, 0) is 69.2 Å². The zero-order valence-electron chi connectivity index (χ0n) is 24.8. The smallest absolute Gasteiger partial charge is 0.144 e. The summed E-state index contributed by atoms with van der Waals surface area (Å²) in [5.41, 5.74) is 3.90. The highest BCUT2D eigenvalue weighted by atomic mass is 28.3. The van der Waals surface area contributed by atoms with Crippen molar-refractivity contribution in [3.05, 3.63) is 84.1 Å². The second-order valence-electron chi connectivity index (χ2n) is 12.0. The molecule has 0 bridgehead atoms. The van der Waals surface area contributed by atoms with E-state index >= 15 is 0 Å². The van der Waals surface area contributed by atoms with Crippen LogP contribution in [-0.2, 0) is 5.41 Å². The lowest BCUT2D eigenvalue weighted by Gasteiger charge is -2.22. The summed E-state index contributed by atoms with van der Waals surface area (Å²) in [5, 5.41) is 8.40. The summed E-state index contributed by atoms with van der Waals surface area (Å²) in [6, 6.07) is 23.7. The highest BCUT2D eigenvalue weighted by Gasteiger charge is 2.21. The number of fused-ring (bicyclic) bond motifs is 6. The molecule has 0 aliphatic carbocycles. The van der Waals surface area contributed by atoms with E-state index in [9.17, 15) is 0 Å². The standard InChI is InChI=1S/C33H33NOSi/c1-20-19-34-30(18-29(20)33(2,3)4)25-10-8-9-24-28-15-22-12-11-21-13-14-23(36(5,6)7)16-26(21)27(22)17-31(28)35-32(24)25/h8-19H,1-7H3/i1D3. The van der Waals surface area contributed by atoms with E-state index in [1.54, 1.807) is 0 Å². The van der Waals surface area contributed by atoms with E-state index in [-0.39, 0.29) is 5.41 Å². The van der Waals surface area contributed by atoms with Gasteiger partial charge in [0.2, 0.25) is 0 Å². The number of nitrogens with zero attached hydrogens (tertiary/aromatic N) is 1. The number of rotatable bonds is 2. The largest absolute Gasteiger partial charge is 0.455 e. The topological polar surface area (TPSA) is 26.0 Å². The van der Waals surface area contributed by atoms with Crippen LogP contribution in [0.1, 0.15) is 36.0 Å². The Kier molecular flexibility index (Phi) is 4.26. The van der Waals surface area contributed by atoms with E-state index in [0.717, 1.165) is 33.1 Å². The van der Waals surface area contributed by atoms with Crippen molar-refractivity contribution in [3.8, 4) is 11.3 Å². The minimum atomic E-state index is -2.22. The summed E-state index contributed by atoms with van der Waals surface area (Å²) in [6.45, 7) is 11.0. The first-order valence-electron chi connectivity index (χ1n) is 14.1. The number of benzene rings is 4. The van der Waals surface area contributed by atoms with Crippen LogP contribution in [-0.4, -0.2) is 13.1 Å². The Morgan fingerprint density at radius 3 is 2.31 bits per heavy atom. The van der Waals surface area contributed by atoms with Crippen LogP contribution in [0.25, 0.3) is 54.7 Å². The molecule has 4 aromatic carbocycles. The first-order valence-corrected chi connectivity index (χ1v) is 16.1. The molecule has 2 heterocycles. The Bertz CT molecular complexity index is 1920. The number of hydrogen-bond donors (Lipinski definition) is 0. The molecule has 0 radical (unpaired) electrons. The van der Waals surface area contributed by atoms with E-state index < -0.39 is 14.9 Å². The lowest BCUT2D eigenvalue weighted by molar-refractivity contribution is 0.585. The zero-order chi connectivity index (χ0) is 27.9. The average Bonchev–Trinajstić information content (AvgIpc) is 3.23. The Morgan fingerprint density at radius 2 is 1.56 bits per heavy atom. The Labute approximate surface area is 218 Å². The van der Waals surface area contributed by atoms with Crippen LogP contribution in [0.15, 0.2) is 77.3 Å². The van der Waals surface area contributed by atoms with Crippen molar-refractivity contribution >= 4 is 56.7 Å². The van der Waals surface area contributed by atoms with Crippen molar-refractivity contribution in [1.29, 1.82) is 0 Å². The van der Waals surface area contributed by atoms with Crippen molar-refractivity contribution in [1.82, 2.24) is 4.98 Å². The third-order valence-electron chi connectivity index (χ3n) is 7.31. The van der Waals surface area contributed by atoms with Crippen LogP contribution < -0.4 is 5.19 Å². The predicted molar refractivity (Wildman–Crippen MR) is 158 cm³/mol. The SMILES string of the molecule is [2H]C([2H])([2H])c1cnc(-c2cccc3c2oc2cc4c(ccc5ccc([Si](C)(C)C)cc54)cc23)cc1C(C)(C)C. The summed E-state index contributed by atoms with van der Waals surface area (Å²) >= 11 is 0. The quantitative estimate of drug-likeness (QED) is 0.179. The van der Waals surface area contributed by atoms with Gasteiger partial charge < -0.3 is 4.42 Å². The third-order valence-corrected chi connectivity index (χ3v) is 9.35. The number of furan rings is 1. The maximum Gasteiger partial charge on any atom is 0.144 e. The molecule has 0 N–H and O–H groups in total. The zero-order valence-corrected chi connectivity index (χ0v) is 22.8. The lowest BCUT2D eigenvalue weighted by Crippen LogP contribution is -2.37. The Morgan fingerprint density at radius 1 is 0.806 bits per heavy atom. The summed E-state index contributed by atoms with van der Waals surface area (Å²) in [5.74, 6) is 0. The maximum absolute atomic E-state index is 8.03. The number of aromatic nitrogens is 1. The van der Waals surface area contributed by atoms with Gasteiger partial charge in [0.25, 0.3) is 0 Å². The molecule has 2 nitrogen and oxygen atoms in total. The Balaban J connectivity index is 1.60. The van der Waals surface area contributed by atoms with Crippen LogP contribution in [0.4, 0.5) is 0 Å². The van der Waals surface area contributed by atoms with Crippen molar-refractivity contribution in [2.45, 2.75) is 52.7 Å². The second kappa shape index (κ2) is 7.78. The van der Waals surface area contributed by atoms with Crippen molar-refractivity contribution in [3.63, 3.8) is 0 Å². The number of aryl methyl sites for hydroxylation is 1. The van der Waals surface area contributed by atoms with E-state index in [1.165, 1.54) is 32.9 Å². The molecule has 0 spiro atoms. The van der Waals surface area contributed by atoms with Gasteiger partial charge in [0.1, 0.15) is 11.2 Å². The summed E-state index contributed by atoms with van der Waals surface area (Å²) in [4.78, 5) is 4.62. The molecule has 2 aromatic heterocycles. The van der Waals surface area contributed by atoms with Gasteiger partial charge in [0.15, 0.2) is 0 Å². The average molecular weight is 491 g/mol. The van der Waals surface area contributed by atoms with Gasteiger partial charge in [-0.15, -0.1) is 0 Å². The van der Waals surface area contributed by atoms with Crippen molar-refractivity contribution in [2.24, 2.45) is 0 Å². The molecule has 3 heteroatoms.